The molecule has 2 aromatic carbocycles. The van der Waals surface area contributed by atoms with Crippen LogP contribution in [0.1, 0.15) is 5.56 Å². The molecule has 0 atom stereocenters. The SMILES string of the molecule is CN(c1c2cccnc2c(O)c2c(O)n(Cc3ccc(F)cc3)cc12)S(=O)(=O)CCN1CCNCC1. The molecule has 0 aliphatic carbocycles. The predicted octanol–water partition coefficient (Wildman–Crippen LogP) is 2.46. The van der Waals surface area contributed by atoms with Crippen LogP contribution in [-0.2, 0) is 16.6 Å². The van der Waals surface area contributed by atoms with E-state index in [-0.39, 0.29) is 40.6 Å². The van der Waals surface area contributed by atoms with Gasteiger partial charge in [-0.25, -0.2) is 12.8 Å². The molecule has 36 heavy (non-hydrogen) atoms. The van der Waals surface area contributed by atoms with Crippen molar-refractivity contribution < 1.29 is 23.0 Å². The highest BCUT2D eigenvalue weighted by Crippen LogP contribution is 2.46. The van der Waals surface area contributed by atoms with Crippen molar-refractivity contribution in [2.24, 2.45) is 0 Å². The number of hydrogen-bond acceptors (Lipinski definition) is 7. The summed E-state index contributed by atoms with van der Waals surface area (Å²) in [6, 6.07) is 9.24. The largest absolute Gasteiger partial charge is 0.505 e. The Hall–Kier alpha value is -3.41. The molecule has 0 unspecified atom stereocenters. The minimum atomic E-state index is -3.75. The fourth-order valence-electron chi connectivity index (χ4n) is 4.71. The van der Waals surface area contributed by atoms with Gasteiger partial charge >= 0.3 is 0 Å². The lowest BCUT2D eigenvalue weighted by Gasteiger charge is -2.28. The van der Waals surface area contributed by atoms with E-state index in [9.17, 15) is 23.0 Å². The molecule has 0 radical (unpaired) electrons. The number of aromatic nitrogens is 2. The molecule has 0 bridgehead atoms. The molecule has 0 amide bonds. The van der Waals surface area contributed by atoms with Crippen molar-refractivity contribution in [2.45, 2.75) is 6.54 Å². The molecular formula is C25H28FN5O4S. The number of phenolic OH excluding ortho intramolecular Hbond substituents is 1. The van der Waals surface area contributed by atoms with Crippen LogP contribution in [0.2, 0.25) is 0 Å². The summed E-state index contributed by atoms with van der Waals surface area (Å²) < 4.78 is 43.0. The van der Waals surface area contributed by atoms with Gasteiger partial charge in [-0.1, -0.05) is 12.1 Å². The topological polar surface area (TPSA) is 111 Å². The van der Waals surface area contributed by atoms with Gasteiger partial charge in [-0.15, -0.1) is 0 Å². The van der Waals surface area contributed by atoms with E-state index in [0.717, 1.165) is 31.7 Å². The fraction of sp³-hybridized carbons (Fsp3) is 0.320. The molecule has 1 aliphatic heterocycles. The Kier molecular flexibility index (Phi) is 6.45. The number of phenols is 1. The van der Waals surface area contributed by atoms with Crippen molar-refractivity contribution in [1.82, 2.24) is 19.8 Å². The predicted molar refractivity (Wildman–Crippen MR) is 138 cm³/mol. The van der Waals surface area contributed by atoms with Gasteiger partial charge in [-0.05, 0) is 29.8 Å². The van der Waals surface area contributed by atoms with Crippen molar-refractivity contribution in [1.29, 1.82) is 0 Å². The first kappa shape index (κ1) is 24.3. The Morgan fingerprint density at radius 1 is 1.11 bits per heavy atom. The van der Waals surface area contributed by atoms with E-state index < -0.39 is 10.0 Å². The number of nitrogens with zero attached hydrogens (tertiary/aromatic N) is 4. The standard InChI is InChI=1S/C25H28FN5O4S/c1-29(36(34,35)14-13-30-11-9-27-10-12-30)23-19-3-2-8-28-22(19)24(32)21-20(23)16-31(25(21)33)15-17-4-6-18(26)7-5-17/h2-8,16,27,32-33H,9-15H2,1H3. The van der Waals surface area contributed by atoms with Gasteiger partial charge in [0, 0.05) is 62.9 Å². The molecule has 0 spiro atoms. The van der Waals surface area contributed by atoms with E-state index in [0.29, 0.717) is 23.0 Å². The lowest BCUT2D eigenvalue weighted by Crippen LogP contribution is -2.46. The monoisotopic (exact) mass is 513 g/mol. The maximum atomic E-state index is 13.5. The van der Waals surface area contributed by atoms with Crippen molar-refractivity contribution in [3.8, 4) is 11.6 Å². The summed E-state index contributed by atoms with van der Waals surface area (Å²) in [6.07, 6.45) is 3.11. The summed E-state index contributed by atoms with van der Waals surface area (Å²) in [7, 11) is -2.26. The van der Waals surface area contributed by atoms with Gasteiger partial charge in [-0.3, -0.25) is 14.2 Å². The van der Waals surface area contributed by atoms with Crippen LogP contribution in [0.15, 0.2) is 48.8 Å². The van der Waals surface area contributed by atoms with Crippen LogP contribution in [0, 0.1) is 5.82 Å². The molecule has 9 nitrogen and oxygen atoms in total. The van der Waals surface area contributed by atoms with E-state index in [4.69, 9.17) is 0 Å². The normalized spacial score (nSPS) is 15.1. The Bertz CT molecular complexity index is 1520. The molecule has 1 fully saturated rings. The summed E-state index contributed by atoms with van der Waals surface area (Å²) in [5.41, 5.74) is 1.26. The van der Waals surface area contributed by atoms with Gasteiger partial charge in [0.1, 0.15) is 11.3 Å². The molecule has 1 aliphatic rings. The first-order valence-electron chi connectivity index (χ1n) is 11.7. The number of benzene rings is 2. The maximum Gasteiger partial charge on any atom is 0.236 e. The summed E-state index contributed by atoms with van der Waals surface area (Å²) in [6.45, 7) is 3.83. The van der Waals surface area contributed by atoms with Crippen LogP contribution in [0.25, 0.3) is 21.7 Å². The Balaban J connectivity index is 1.60. The molecule has 0 saturated carbocycles. The molecular weight excluding hydrogens is 485 g/mol. The zero-order valence-corrected chi connectivity index (χ0v) is 20.7. The van der Waals surface area contributed by atoms with E-state index in [1.165, 1.54) is 34.2 Å². The average molecular weight is 514 g/mol. The number of hydrogen-bond donors (Lipinski definition) is 3. The molecule has 11 heteroatoms. The van der Waals surface area contributed by atoms with E-state index in [1.54, 1.807) is 30.5 Å². The Morgan fingerprint density at radius 3 is 2.56 bits per heavy atom. The first-order valence-corrected chi connectivity index (χ1v) is 13.3. The highest BCUT2D eigenvalue weighted by molar-refractivity contribution is 7.92. The number of fused-ring (bicyclic) bond motifs is 2. The van der Waals surface area contributed by atoms with Crippen LogP contribution < -0.4 is 9.62 Å². The number of pyridine rings is 1. The number of halogens is 1. The summed E-state index contributed by atoms with van der Waals surface area (Å²) in [4.78, 5) is 6.38. The van der Waals surface area contributed by atoms with Gasteiger partial charge in [0.15, 0.2) is 5.75 Å². The smallest absolute Gasteiger partial charge is 0.236 e. The minimum Gasteiger partial charge on any atom is -0.505 e. The third kappa shape index (κ3) is 4.45. The van der Waals surface area contributed by atoms with Crippen LogP contribution in [0.5, 0.6) is 11.6 Å². The lowest BCUT2D eigenvalue weighted by molar-refractivity contribution is 0.254. The van der Waals surface area contributed by atoms with Crippen LogP contribution in [-0.4, -0.2) is 78.6 Å². The van der Waals surface area contributed by atoms with Crippen LogP contribution >= 0.6 is 0 Å². The van der Waals surface area contributed by atoms with E-state index in [1.807, 2.05) is 0 Å². The maximum absolute atomic E-state index is 13.5. The van der Waals surface area contributed by atoms with Crippen LogP contribution in [0.3, 0.4) is 0 Å². The quantitative estimate of drug-likeness (QED) is 0.348. The number of nitrogens with one attached hydrogen (secondary N) is 1. The lowest BCUT2D eigenvalue weighted by atomic mass is 10.1. The first-order chi connectivity index (χ1) is 17.3. The summed E-state index contributed by atoms with van der Waals surface area (Å²) in [5, 5.41) is 26.3. The van der Waals surface area contributed by atoms with Crippen molar-refractivity contribution >= 4 is 37.4 Å². The van der Waals surface area contributed by atoms with Gasteiger partial charge in [0.25, 0.3) is 0 Å². The molecule has 4 aromatic rings. The number of anilines is 1. The third-order valence-corrected chi connectivity index (χ3v) is 8.42. The van der Waals surface area contributed by atoms with Crippen molar-refractivity contribution in [2.75, 3.05) is 49.8 Å². The fourth-order valence-corrected chi connectivity index (χ4v) is 5.95. The molecule has 3 heterocycles. The average Bonchev–Trinajstić information content (AvgIpc) is 3.20. The molecule has 5 rings (SSSR count). The Morgan fingerprint density at radius 2 is 1.83 bits per heavy atom. The number of piperazine rings is 1. The van der Waals surface area contributed by atoms with Gasteiger partial charge in [-0.2, -0.15) is 0 Å². The second-order valence-electron chi connectivity index (χ2n) is 8.97. The van der Waals surface area contributed by atoms with Crippen molar-refractivity contribution in [3.63, 3.8) is 0 Å². The zero-order chi connectivity index (χ0) is 25.4. The molecule has 190 valence electrons. The zero-order valence-electron chi connectivity index (χ0n) is 19.9. The minimum absolute atomic E-state index is 0.0735. The number of rotatable bonds is 7. The van der Waals surface area contributed by atoms with Gasteiger partial charge < -0.3 is 20.1 Å². The number of sulfonamides is 1. The Labute approximate surface area is 208 Å². The molecule has 2 aromatic heterocycles. The van der Waals surface area contributed by atoms with Gasteiger partial charge in [0.05, 0.1) is 23.4 Å². The molecule has 3 N–H and O–H groups in total. The van der Waals surface area contributed by atoms with Crippen LogP contribution in [0.4, 0.5) is 10.1 Å². The third-order valence-electron chi connectivity index (χ3n) is 6.70. The van der Waals surface area contributed by atoms with E-state index in [2.05, 4.69) is 15.2 Å². The highest BCUT2D eigenvalue weighted by atomic mass is 32.2. The second kappa shape index (κ2) is 9.57. The second-order valence-corrected chi connectivity index (χ2v) is 11.1. The van der Waals surface area contributed by atoms with Gasteiger partial charge in [0.2, 0.25) is 15.9 Å². The number of aromatic hydroxyl groups is 2. The summed E-state index contributed by atoms with van der Waals surface area (Å²) in [5.74, 6) is -0.903. The molecule has 1 saturated heterocycles. The summed E-state index contributed by atoms with van der Waals surface area (Å²) >= 11 is 0. The van der Waals surface area contributed by atoms with E-state index >= 15 is 0 Å². The van der Waals surface area contributed by atoms with Crippen molar-refractivity contribution in [3.05, 3.63) is 60.2 Å². The highest BCUT2D eigenvalue weighted by Gasteiger charge is 2.28.